The lowest BCUT2D eigenvalue weighted by atomic mass is 10.0. The molecule has 0 saturated carbocycles. The van der Waals surface area contributed by atoms with E-state index >= 15 is 0 Å². The molecule has 0 unspecified atom stereocenters. The minimum atomic E-state index is -0.739. The van der Waals surface area contributed by atoms with Gasteiger partial charge in [0, 0.05) is 18.3 Å². The van der Waals surface area contributed by atoms with Gasteiger partial charge in [-0.2, -0.15) is 0 Å². The molecule has 5 rings (SSSR count). The molecule has 0 radical (unpaired) electrons. The number of aliphatic imine (C=N–C) groups is 1. The molecule has 0 aliphatic heterocycles. The zero-order valence-corrected chi connectivity index (χ0v) is 46.7. The first-order valence-corrected chi connectivity index (χ1v) is 29.4. The van der Waals surface area contributed by atoms with Gasteiger partial charge in [0.2, 0.25) is 5.75 Å². The van der Waals surface area contributed by atoms with Crippen molar-refractivity contribution in [3.8, 4) is 28.7 Å². The highest BCUT2D eigenvalue weighted by Crippen LogP contribution is 2.30. The van der Waals surface area contributed by atoms with Crippen molar-refractivity contribution in [1.29, 1.82) is 0 Å². The molecule has 0 N–H and O–H groups in total. The zero-order chi connectivity index (χ0) is 55.3. The minimum Gasteiger partial charge on any atom is -0.494 e. The number of hydrogen-bond donors (Lipinski definition) is 0. The maximum absolute atomic E-state index is 13.1. The highest BCUT2D eigenvalue weighted by Gasteiger charge is 2.20. The Hall–Kier alpha value is -6.82. The topological polar surface area (TPSA) is 153 Å². The molecule has 12 nitrogen and oxygen atoms in total. The molecule has 420 valence electrons. The van der Waals surface area contributed by atoms with Gasteiger partial charge >= 0.3 is 23.6 Å². The lowest BCUT2D eigenvalue weighted by Crippen LogP contribution is -2.10. The number of ether oxygens (including phenoxy) is 5. The molecule has 0 amide bonds. The summed E-state index contributed by atoms with van der Waals surface area (Å²) in [7, 11) is 0. The monoisotopic (exact) mass is 1070 g/mol. The summed E-state index contributed by atoms with van der Waals surface area (Å²) in [5.74, 6) is -0.305. The van der Waals surface area contributed by atoms with E-state index in [9.17, 15) is 24.5 Å². The molecule has 0 aliphatic carbocycles. The van der Waals surface area contributed by atoms with Crippen LogP contribution in [0.5, 0.6) is 28.7 Å². The molecule has 12 heteroatoms. The van der Waals surface area contributed by atoms with Crippen LogP contribution in [0.1, 0.15) is 230 Å². The third-order valence-electron chi connectivity index (χ3n) is 13.8. The van der Waals surface area contributed by atoms with Crippen molar-refractivity contribution < 1.29 is 43.0 Å². The van der Waals surface area contributed by atoms with Gasteiger partial charge in [0.1, 0.15) is 23.0 Å². The van der Waals surface area contributed by atoms with E-state index in [0.29, 0.717) is 41.5 Å². The molecule has 0 atom stereocenters. The number of nitro groups is 1. The molecule has 0 aliphatic rings. The molecule has 5 aromatic carbocycles. The van der Waals surface area contributed by atoms with E-state index in [0.717, 1.165) is 25.7 Å². The van der Waals surface area contributed by atoms with Crippen molar-refractivity contribution in [1.82, 2.24) is 0 Å². The molecule has 78 heavy (non-hydrogen) atoms. The number of benzene rings is 5. The van der Waals surface area contributed by atoms with Crippen LogP contribution in [0.25, 0.3) is 0 Å². The van der Waals surface area contributed by atoms with Crippen molar-refractivity contribution in [3.05, 3.63) is 148 Å². The van der Waals surface area contributed by atoms with Crippen molar-refractivity contribution in [2.75, 3.05) is 13.2 Å². The summed E-state index contributed by atoms with van der Waals surface area (Å²) in [4.78, 5) is 54.9. The minimum absolute atomic E-state index is 0.207. The second-order valence-electron chi connectivity index (χ2n) is 20.4. The second-order valence-corrected chi connectivity index (χ2v) is 20.4. The second kappa shape index (κ2) is 37.9. The van der Waals surface area contributed by atoms with Crippen LogP contribution in [-0.2, 0) is 0 Å². The first kappa shape index (κ1) is 62.0. The first-order valence-electron chi connectivity index (χ1n) is 29.4. The number of unbranched alkanes of at least 4 members (excludes halogenated alkanes) is 26. The van der Waals surface area contributed by atoms with Gasteiger partial charge in [0.15, 0.2) is 0 Å². The average molecular weight is 1070 g/mol. The summed E-state index contributed by atoms with van der Waals surface area (Å²) in [6.07, 6.45) is 37.7. The molecule has 0 saturated heterocycles. The van der Waals surface area contributed by atoms with Gasteiger partial charge in [-0.3, -0.25) is 15.1 Å². The molecule has 0 spiro atoms. The Balaban J connectivity index is 0.968. The predicted octanol–water partition coefficient (Wildman–Crippen LogP) is 18.7. The van der Waals surface area contributed by atoms with E-state index in [1.54, 1.807) is 78.9 Å². The van der Waals surface area contributed by atoms with Gasteiger partial charge in [0.25, 0.3) is 0 Å². The Labute approximate surface area is 464 Å². The average Bonchev–Trinajstić information content (AvgIpc) is 3.45. The summed E-state index contributed by atoms with van der Waals surface area (Å²) < 4.78 is 28.4. The molecular formula is C66H86N2O10. The fourth-order valence-electron chi connectivity index (χ4n) is 9.12. The molecular weight excluding hydrogens is 981 g/mol. The quantitative estimate of drug-likeness (QED) is 0.00923. The predicted molar refractivity (Wildman–Crippen MR) is 313 cm³/mol. The number of rotatable bonds is 41. The van der Waals surface area contributed by atoms with Gasteiger partial charge in [-0.05, 0) is 115 Å². The smallest absolute Gasteiger partial charge is 0.343 e. The van der Waals surface area contributed by atoms with Crippen LogP contribution in [0.15, 0.2) is 120 Å². The van der Waals surface area contributed by atoms with Gasteiger partial charge in [-0.25, -0.2) is 14.4 Å². The van der Waals surface area contributed by atoms with E-state index in [1.807, 2.05) is 0 Å². The zero-order valence-electron chi connectivity index (χ0n) is 46.7. The van der Waals surface area contributed by atoms with Crippen molar-refractivity contribution >= 4 is 35.5 Å². The Morgan fingerprint density at radius 2 is 0.795 bits per heavy atom. The van der Waals surface area contributed by atoms with Crippen LogP contribution >= 0.6 is 0 Å². The Morgan fingerprint density at radius 1 is 0.423 bits per heavy atom. The first-order chi connectivity index (χ1) is 38.2. The Morgan fingerprint density at radius 3 is 1.21 bits per heavy atom. The van der Waals surface area contributed by atoms with Crippen LogP contribution in [0, 0.1) is 10.1 Å². The fraction of sp³-hybridized carbons (Fsp3) is 0.485. The van der Waals surface area contributed by atoms with Crippen LogP contribution in [0.2, 0.25) is 0 Å². The van der Waals surface area contributed by atoms with Crippen LogP contribution in [-0.4, -0.2) is 42.3 Å². The van der Waals surface area contributed by atoms with Crippen LogP contribution < -0.4 is 23.7 Å². The normalized spacial score (nSPS) is 11.2. The lowest BCUT2D eigenvalue weighted by molar-refractivity contribution is -0.385. The summed E-state index contributed by atoms with van der Waals surface area (Å²) >= 11 is 0. The Kier molecular flexibility index (Phi) is 30.1. The summed E-state index contributed by atoms with van der Waals surface area (Å²) in [6, 6.07) is 30.1. The molecule has 5 aromatic rings. The van der Waals surface area contributed by atoms with Gasteiger partial charge in [-0.15, -0.1) is 0 Å². The molecule has 0 bridgehead atoms. The standard InChI is InChI=1S/C66H86N2O10/c1-3-5-7-9-11-13-15-17-19-21-23-25-27-29-48-74-58-41-35-54(36-42-58)64(69)76-60-45-39-55(40-46-60)65(70)77-61-33-31-32-57(51-61)67-52-53-34-47-63(62(50-53)68(72)73)78-66(71)56-37-43-59(44-38-56)75-49-30-28-26-24-22-20-18-16-14-12-10-8-6-4-2/h31-47,50-52H,3-30,48-49H2,1-2H3. The van der Waals surface area contributed by atoms with E-state index in [2.05, 4.69) is 18.8 Å². The van der Waals surface area contributed by atoms with Crippen molar-refractivity contribution in [2.24, 2.45) is 4.99 Å². The number of hydrogen-bond acceptors (Lipinski definition) is 11. The number of carbonyl (C=O) groups excluding carboxylic acids is 3. The van der Waals surface area contributed by atoms with Crippen molar-refractivity contribution in [3.63, 3.8) is 0 Å². The largest absolute Gasteiger partial charge is 0.494 e. The summed E-state index contributed by atoms with van der Waals surface area (Å²) in [5.41, 5.74) is 1.21. The molecule has 0 heterocycles. The molecule has 0 fully saturated rings. The highest BCUT2D eigenvalue weighted by molar-refractivity contribution is 5.93. The van der Waals surface area contributed by atoms with Crippen LogP contribution in [0.3, 0.4) is 0 Å². The van der Waals surface area contributed by atoms with E-state index < -0.39 is 28.5 Å². The van der Waals surface area contributed by atoms with E-state index in [4.69, 9.17) is 23.7 Å². The molecule has 0 aromatic heterocycles. The maximum atomic E-state index is 13.1. The van der Waals surface area contributed by atoms with Crippen LogP contribution in [0.4, 0.5) is 11.4 Å². The summed E-state index contributed by atoms with van der Waals surface area (Å²) in [6.45, 7) is 5.75. The Bertz CT molecular complexity index is 2520. The van der Waals surface area contributed by atoms with Gasteiger partial charge in [-0.1, -0.05) is 187 Å². The summed E-state index contributed by atoms with van der Waals surface area (Å²) in [5, 5.41) is 12.1. The SMILES string of the molecule is CCCCCCCCCCCCCCCCOc1ccc(C(=O)Oc2ccc(C(=O)Oc3cccc(N=Cc4ccc(OC(=O)c5ccc(OCCCCCCCCCCCCCCCC)cc5)c([N+](=O)[O-])c4)c3)cc2)cc1. The number of carbonyl (C=O) groups is 3. The van der Waals surface area contributed by atoms with Gasteiger partial charge in [0.05, 0.1) is 40.5 Å². The highest BCUT2D eigenvalue weighted by atomic mass is 16.6. The number of esters is 3. The lowest BCUT2D eigenvalue weighted by Gasteiger charge is -2.09. The number of nitro benzene ring substituents is 1. The third-order valence-corrected chi connectivity index (χ3v) is 13.8. The fourth-order valence-corrected chi connectivity index (χ4v) is 9.12. The van der Waals surface area contributed by atoms with Gasteiger partial charge < -0.3 is 23.7 Å². The van der Waals surface area contributed by atoms with Crippen molar-refractivity contribution in [2.45, 2.75) is 194 Å². The third kappa shape index (κ3) is 25.1. The maximum Gasteiger partial charge on any atom is 0.343 e. The van der Waals surface area contributed by atoms with E-state index in [-0.39, 0.29) is 28.4 Å². The number of nitrogens with zero attached hydrogens (tertiary/aromatic N) is 2. The van der Waals surface area contributed by atoms with E-state index in [1.165, 1.54) is 197 Å².